The van der Waals surface area contributed by atoms with Crippen molar-refractivity contribution in [3.63, 3.8) is 0 Å². The lowest BCUT2D eigenvalue weighted by Gasteiger charge is -1.99. The summed E-state index contributed by atoms with van der Waals surface area (Å²) in [6.07, 6.45) is 4.97. The molecule has 0 amide bonds. The lowest BCUT2D eigenvalue weighted by molar-refractivity contribution is 1.17. The molecule has 0 aliphatic carbocycles. The molecule has 0 bridgehead atoms. The van der Waals surface area contributed by atoms with Crippen LogP contribution in [0.3, 0.4) is 0 Å². The normalized spacial score (nSPS) is 10.3. The van der Waals surface area contributed by atoms with Gasteiger partial charge in [-0.1, -0.05) is 11.6 Å². The summed E-state index contributed by atoms with van der Waals surface area (Å²) in [5, 5.41) is 0.570. The summed E-state index contributed by atoms with van der Waals surface area (Å²) in [7, 11) is 0. The summed E-state index contributed by atoms with van der Waals surface area (Å²) in [5.41, 5.74) is 0.706. The highest BCUT2D eigenvalue weighted by molar-refractivity contribution is 7.80. The van der Waals surface area contributed by atoms with Crippen molar-refractivity contribution in [1.82, 2.24) is 15.0 Å². The van der Waals surface area contributed by atoms with Crippen LogP contribution in [-0.4, -0.2) is 15.0 Å². The molecule has 66 valence electrons. The Kier molecular flexibility index (Phi) is 2.24. The van der Waals surface area contributed by atoms with Gasteiger partial charge in [-0.25, -0.2) is 4.98 Å². The van der Waals surface area contributed by atoms with Crippen molar-refractivity contribution in [2.45, 2.75) is 4.90 Å². The standard InChI is InChI=1S/C8H6ClN3S/c9-5-3-6(13)7(12-4-5)8-10-1-2-11-8/h1-4,13H,(H,10,11). The fourth-order valence-corrected chi connectivity index (χ4v) is 1.54. The zero-order chi connectivity index (χ0) is 9.26. The molecule has 0 spiro atoms. The third-order valence-corrected chi connectivity index (χ3v) is 2.10. The number of aromatic amines is 1. The second-order valence-corrected chi connectivity index (χ2v) is 3.38. The predicted octanol–water partition coefficient (Wildman–Crippen LogP) is 2.41. The predicted molar refractivity (Wildman–Crippen MR) is 54.1 cm³/mol. The highest BCUT2D eigenvalue weighted by Gasteiger charge is 2.05. The van der Waals surface area contributed by atoms with Crippen LogP contribution in [0.1, 0.15) is 0 Å². The van der Waals surface area contributed by atoms with E-state index < -0.39 is 0 Å². The van der Waals surface area contributed by atoms with E-state index in [9.17, 15) is 0 Å². The van der Waals surface area contributed by atoms with Gasteiger partial charge in [-0.2, -0.15) is 0 Å². The van der Waals surface area contributed by atoms with Gasteiger partial charge in [-0.15, -0.1) is 12.6 Å². The van der Waals surface area contributed by atoms with Crippen LogP contribution in [-0.2, 0) is 0 Å². The number of thiol groups is 1. The van der Waals surface area contributed by atoms with Crippen LogP contribution in [0, 0.1) is 0 Å². The third-order valence-electron chi connectivity index (χ3n) is 1.56. The van der Waals surface area contributed by atoms with Crippen molar-refractivity contribution < 1.29 is 0 Å². The molecule has 0 radical (unpaired) electrons. The van der Waals surface area contributed by atoms with Gasteiger partial charge in [0.15, 0.2) is 5.82 Å². The monoisotopic (exact) mass is 211 g/mol. The minimum Gasteiger partial charge on any atom is -0.343 e. The zero-order valence-corrected chi connectivity index (χ0v) is 8.18. The van der Waals surface area contributed by atoms with Crippen LogP contribution >= 0.6 is 24.2 Å². The van der Waals surface area contributed by atoms with Gasteiger partial charge in [0, 0.05) is 23.5 Å². The van der Waals surface area contributed by atoms with Gasteiger partial charge in [0.05, 0.1) is 5.02 Å². The second-order valence-electron chi connectivity index (χ2n) is 2.46. The summed E-state index contributed by atoms with van der Waals surface area (Å²) >= 11 is 9.98. The van der Waals surface area contributed by atoms with Crippen LogP contribution in [0.5, 0.6) is 0 Å². The Hall–Kier alpha value is -1.00. The average Bonchev–Trinajstić information content (AvgIpc) is 2.56. The molecule has 2 aromatic heterocycles. The first-order valence-corrected chi connectivity index (χ1v) is 4.44. The molecule has 0 aromatic carbocycles. The number of aromatic nitrogens is 3. The topological polar surface area (TPSA) is 41.6 Å². The summed E-state index contributed by atoms with van der Waals surface area (Å²) < 4.78 is 0. The first-order valence-electron chi connectivity index (χ1n) is 3.61. The zero-order valence-electron chi connectivity index (χ0n) is 6.53. The van der Waals surface area contributed by atoms with Gasteiger partial charge < -0.3 is 4.98 Å². The molecule has 2 rings (SSSR count). The largest absolute Gasteiger partial charge is 0.343 e. The summed E-state index contributed by atoms with van der Waals surface area (Å²) in [4.78, 5) is 11.8. The molecular formula is C8H6ClN3S. The Bertz CT molecular complexity index is 413. The molecule has 0 fully saturated rings. The lowest BCUT2D eigenvalue weighted by atomic mass is 10.3. The molecule has 0 aliphatic heterocycles. The molecule has 3 nitrogen and oxygen atoms in total. The maximum atomic E-state index is 5.74. The smallest absolute Gasteiger partial charge is 0.157 e. The number of hydrogen-bond acceptors (Lipinski definition) is 3. The van der Waals surface area contributed by atoms with Crippen molar-refractivity contribution in [2.75, 3.05) is 0 Å². The highest BCUT2D eigenvalue weighted by atomic mass is 35.5. The molecule has 0 aliphatic rings. The Morgan fingerprint density at radius 2 is 2.23 bits per heavy atom. The molecule has 5 heteroatoms. The summed E-state index contributed by atoms with van der Waals surface area (Å²) in [6.45, 7) is 0. The number of rotatable bonds is 1. The van der Waals surface area contributed by atoms with Gasteiger partial charge >= 0.3 is 0 Å². The number of hydrogen-bond donors (Lipinski definition) is 2. The molecule has 13 heavy (non-hydrogen) atoms. The van der Waals surface area contributed by atoms with Gasteiger partial charge in [-0.3, -0.25) is 4.98 Å². The van der Waals surface area contributed by atoms with E-state index in [4.69, 9.17) is 11.6 Å². The van der Waals surface area contributed by atoms with Crippen LogP contribution in [0.25, 0.3) is 11.5 Å². The van der Waals surface area contributed by atoms with Crippen LogP contribution in [0.4, 0.5) is 0 Å². The van der Waals surface area contributed by atoms with Gasteiger partial charge in [0.1, 0.15) is 5.69 Å². The van der Waals surface area contributed by atoms with E-state index in [1.165, 1.54) is 0 Å². The number of nitrogens with one attached hydrogen (secondary N) is 1. The molecule has 0 unspecified atom stereocenters. The molecular weight excluding hydrogens is 206 g/mol. The van der Waals surface area contributed by atoms with Crippen molar-refractivity contribution in [3.8, 4) is 11.5 Å². The van der Waals surface area contributed by atoms with Crippen LogP contribution in [0.2, 0.25) is 5.02 Å². The molecule has 0 atom stereocenters. The fraction of sp³-hybridized carbons (Fsp3) is 0. The number of H-pyrrole nitrogens is 1. The van der Waals surface area contributed by atoms with E-state index in [0.29, 0.717) is 21.4 Å². The quantitative estimate of drug-likeness (QED) is 0.712. The lowest BCUT2D eigenvalue weighted by Crippen LogP contribution is -1.87. The van der Waals surface area contributed by atoms with Crippen LogP contribution < -0.4 is 0 Å². The van der Waals surface area contributed by atoms with Crippen molar-refractivity contribution in [2.24, 2.45) is 0 Å². The van der Waals surface area contributed by atoms with Crippen molar-refractivity contribution >= 4 is 24.2 Å². The van der Waals surface area contributed by atoms with Gasteiger partial charge in [0.2, 0.25) is 0 Å². The molecule has 0 saturated carbocycles. The number of nitrogens with zero attached hydrogens (tertiary/aromatic N) is 2. The van der Waals surface area contributed by atoms with E-state index in [-0.39, 0.29) is 0 Å². The average molecular weight is 212 g/mol. The van der Waals surface area contributed by atoms with E-state index in [0.717, 1.165) is 0 Å². The van der Waals surface area contributed by atoms with E-state index in [1.54, 1.807) is 24.7 Å². The summed E-state index contributed by atoms with van der Waals surface area (Å²) in [5.74, 6) is 0.696. The SMILES string of the molecule is Sc1cc(Cl)cnc1-c1ncc[nH]1. The van der Waals surface area contributed by atoms with Crippen molar-refractivity contribution in [1.29, 1.82) is 0 Å². The number of pyridine rings is 1. The minimum atomic E-state index is 0.570. The molecule has 0 saturated heterocycles. The summed E-state index contributed by atoms with van der Waals surface area (Å²) in [6, 6.07) is 1.73. The third kappa shape index (κ3) is 1.68. The molecule has 2 heterocycles. The fourth-order valence-electron chi connectivity index (χ4n) is 1.01. The Morgan fingerprint density at radius 1 is 1.38 bits per heavy atom. The van der Waals surface area contributed by atoms with Crippen LogP contribution in [0.15, 0.2) is 29.6 Å². The number of halogens is 1. The Balaban J connectivity index is 2.53. The van der Waals surface area contributed by atoms with E-state index in [2.05, 4.69) is 27.6 Å². The van der Waals surface area contributed by atoms with Gasteiger partial charge in [-0.05, 0) is 6.07 Å². The minimum absolute atomic E-state index is 0.570. The second kappa shape index (κ2) is 3.40. The Morgan fingerprint density at radius 3 is 2.85 bits per heavy atom. The Labute approximate surface area is 85.6 Å². The first kappa shape index (κ1) is 8.59. The van der Waals surface area contributed by atoms with E-state index in [1.807, 2.05) is 0 Å². The van der Waals surface area contributed by atoms with Crippen molar-refractivity contribution in [3.05, 3.63) is 29.7 Å². The number of imidazole rings is 1. The highest BCUT2D eigenvalue weighted by Crippen LogP contribution is 2.23. The van der Waals surface area contributed by atoms with Gasteiger partial charge in [0.25, 0.3) is 0 Å². The molecule has 1 N–H and O–H groups in total. The maximum absolute atomic E-state index is 5.74. The maximum Gasteiger partial charge on any atom is 0.157 e. The molecule has 2 aromatic rings. The first-order chi connectivity index (χ1) is 6.27. The van der Waals surface area contributed by atoms with E-state index >= 15 is 0 Å².